The molecule has 126 valence electrons. The third-order valence-electron chi connectivity index (χ3n) is 4.31. The Bertz CT molecular complexity index is 1100. The lowest BCUT2D eigenvalue weighted by molar-refractivity contribution is 0.404. The van der Waals surface area contributed by atoms with E-state index in [0.717, 1.165) is 16.5 Å². The lowest BCUT2D eigenvalue weighted by Crippen LogP contribution is -2.15. The number of para-hydroxylation sites is 3. The van der Waals surface area contributed by atoms with Gasteiger partial charge >= 0.3 is 5.69 Å². The largest absolute Gasteiger partial charge is 0.495 e. The number of H-pyrrole nitrogens is 2. The molecule has 0 fully saturated rings. The summed E-state index contributed by atoms with van der Waals surface area (Å²) < 4.78 is 6.52. The van der Waals surface area contributed by atoms with Crippen molar-refractivity contribution in [3.05, 3.63) is 76.5 Å². The number of nitrogens with zero attached hydrogens (tertiary/aromatic N) is 1. The van der Waals surface area contributed by atoms with Gasteiger partial charge in [0.25, 0.3) is 0 Å². The van der Waals surface area contributed by atoms with E-state index in [1.54, 1.807) is 18.2 Å². The monoisotopic (exact) mass is 335 g/mol. The molecule has 25 heavy (non-hydrogen) atoms. The van der Waals surface area contributed by atoms with Crippen molar-refractivity contribution in [3.8, 4) is 17.3 Å². The first-order valence-electron chi connectivity index (χ1n) is 7.90. The Morgan fingerprint density at radius 2 is 1.88 bits per heavy atom. The normalized spacial score (nSPS) is 11.1. The van der Waals surface area contributed by atoms with Crippen molar-refractivity contribution < 1.29 is 9.84 Å². The molecule has 2 aromatic heterocycles. The molecule has 6 nitrogen and oxygen atoms in total. The lowest BCUT2D eigenvalue weighted by Gasteiger charge is -2.09. The molecule has 0 spiro atoms. The molecule has 0 aliphatic rings. The van der Waals surface area contributed by atoms with Crippen LogP contribution in [-0.4, -0.2) is 26.8 Å². The second-order valence-electron chi connectivity index (χ2n) is 5.78. The van der Waals surface area contributed by atoms with Crippen LogP contribution in [-0.2, 0) is 6.42 Å². The Hall–Kier alpha value is -3.41. The minimum absolute atomic E-state index is 0.111. The molecule has 4 aromatic rings. The van der Waals surface area contributed by atoms with Crippen molar-refractivity contribution in [2.45, 2.75) is 6.42 Å². The van der Waals surface area contributed by atoms with Gasteiger partial charge in [0.2, 0.25) is 5.88 Å². The van der Waals surface area contributed by atoms with Crippen LogP contribution in [0.3, 0.4) is 0 Å². The number of imidazole rings is 1. The van der Waals surface area contributed by atoms with E-state index >= 15 is 0 Å². The van der Waals surface area contributed by atoms with Gasteiger partial charge in [-0.15, -0.1) is 0 Å². The van der Waals surface area contributed by atoms with E-state index in [2.05, 4.69) is 9.97 Å². The minimum atomic E-state index is -0.406. The summed E-state index contributed by atoms with van der Waals surface area (Å²) in [7, 11) is 1.53. The molecule has 0 amide bonds. The zero-order chi connectivity index (χ0) is 17.4. The predicted octanol–water partition coefficient (Wildman–Crippen LogP) is 2.95. The van der Waals surface area contributed by atoms with E-state index in [-0.39, 0.29) is 5.88 Å². The fourth-order valence-electron chi connectivity index (χ4n) is 3.10. The standard InChI is InChI=1S/C19H17N3O3/c1-25-17-9-5-4-8-16(17)22-18(23)15(21-19(22)24)10-12-11-20-14-7-3-2-6-13(12)14/h2-9,11,20,23H,10H2,1H3,(H,21,24). The molecule has 0 saturated carbocycles. The van der Waals surface area contributed by atoms with Crippen LogP contribution >= 0.6 is 0 Å². The summed E-state index contributed by atoms with van der Waals surface area (Å²) in [5.74, 6) is 0.400. The molecule has 3 N–H and O–H groups in total. The van der Waals surface area contributed by atoms with Crippen LogP contribution in [0.4, 0.5) is 0 Å². The second kappa shape index (κ2) is 5.90. The fraction of sp³-hybridized carbons (Fsp3) is 0.105. The molecule has 0 radical (unpaired) electrons. The van der Waals surface area contributed by atoms with Crippen LogP contribution in [0.5, 0.6) is 11.6 Å². The quantitative estimate of drug-likeness (QED) is 0.536. The third-order valence-corrected chi connectivity index (χ3v) is 4.31. The van der Waals surface area contributed by atoms with Crippen LogP contribution in [0.2, 0.25) is 0 Å². The molecule has 0 atom stereocenters. The first-order valence-corrected chi connectivity index (χ1v) is 7.90. The van der Waals surface area contributed by atoms with Crippen molar-refractivity contribution in [2.75, 3.05) is 7.11 Å². The van der Waals surface area contributed by atoms with Gasteiger partial charge < -0.3 is 19.8 Å². The number of benzene rings is 2. The Kier molecular flexibility index (Phi) is 3.57. The lowest BCUT2D eigenvalue weighted by atomic mass is 10.1. The number of aromatic amines is 2. The highest BCUT2D eigenvalue weighted by molar-refractivity contribution is 5.83. The molecule has 6 heteroatoms. The molecule has 0 unspecified atom stereocenters. The number of fused-ring (bicyclic) bond motifs is 1. The summed E-state index contributed by atoms with van der Waals surface area (Å²) in [5, 5.41) is 11.7. The van der Waals surface area contributed by atoms with Gasteiger partial charge in [-0.05, 0) is 23.8 Å². The zero-order valence-electron chi connectivity index (χ0n) is 13.6. The SMILES string of the molecule is COc1ccccc1-n1c(O)c(Cc2c[nH]c3ccccc23)[nH]c1=O. The average Bonchev–Trinajstić information content (AvgIpc) is 3.16. The van der Waals surface area contributed by atoms with Gasteiger partial charge in [0.1, 0.15) is 5.75 Å². The van der Waals surface area contributed by atoms with Gasteiger partial charge in [-0.3, -0.25) is 0 Å². The van der Waals surface area contributed by atoms with Crippen molar-refractivity contribution in [2.24, 2.45) is 0 Å². The van der Waals surface area contributed by atoms with Crippen molar-refractivity contribution in [3.63, 3.8) is 0 Å². The van der Waals surface area contributed by atoms with Crippen LogP contribution in [0.1, 0.15) is 11.3 Å². The number of rotatable bonds is 4. The smallest absolute Gasteiger partial charge is 0.333 e. The Morgan fingerprint density at radius 1 is 1.12 bits per heavy atom. The molecule has 0 aliphatic heterocycles. The van der Waals surface area contributed by atoms with Gasteiger partial charge in [0, 0.05) is 23.5 Å². The Morgan fingerprint density at radius 3 is 2.72 bits per heavy atom. The zero-order valence-corrected chi connectivity index (χ0v) is 13.6. The van der Waals surface area contributed by atoms with Gasteiger partial charge in [0.05, 0.1) is 18.5 Å². The van der Waals surface area contributed by atoms with E-state index in [4.69, 9.17) is 4.74 Å². The molecular formula is C19H17N3O3. The van der Waals surface area contributed by atoms with Crippen LogP contribution in [0, 0.1) is 0 Å². The highest BCUT2D eigenvalue weighted by Crippen LogP contribution is 2.28. The number of aromatic nitrogens is 3. The van der Waals surface area contributed by atoms with Crippen molar-refractivity contribution in [1.82, 2.24) is 14.5 Å². The maximum Gasteiger partial charge on any atom is 0.333 e. The average molecular weight is 335 g/mol. The Labute approximate surface area is 143 Å². The van der Waals surface area contributed by atoms with E-state index < -0.39 is 5.69 Å². The summed E-state index contributed by atoms with van der Waals surface area (Å²) in [6.45, 7) is 0. The maximum absolute atomic E-state index is 12.4. The van der Waals surface area contributed by atoms with Gasteiger partial charge in [-0.2, -0.15) is 0 Å². The summed E-state index contributed by atoms with van der Waals surface area (Å²) in [5.41, 5.74) is 2.56. The van der Waals surface area contributed by atoms with Crippen molar-refractivity contribution >= 4 is 10.9 Å². The number of nitrogens with one attached hydrogen (secondary N) is 2. The van der Waals surface area contributed by atoms with Gasteiger partial charge in [-0.1, -0.05) is 30.3 Å². The number of methoxy groups -OCH3 is 1. The summed E-state index contributed by atoms with van der Waals surface area (Å²) in [6.07, 6.45) is 2.30. The summed E-state index contributed by atoms with van der Waals surface area (Å²) >= 11 is 0. The third kappa shape index (κ3) is 2.48. The number of ether oxygens (including phenoxy) is 1. The molecule has 0 saturated heterocycles. The molecular weight excluding hydrogens is 318 g/mol. The molecule has 2 aromatic carbocycles. The fourth-order valence-corrected chi connectivity index (χ4v) is 3.10. The van der Waals surface area contributed by atoms with Crippen molar-refractivity contribution in [1.29, 1.82) is 0 Å². The van der Waals surface area contributed by atoms with E-state index in [1.807, 2.05) is 36.5 Å². The van der Waals surface area contributed by atoms with Crippen LogP contribution in [0.15, 0.2) is 59.5 Å². The van der Waals surface area contributed by atoms with Gasteiger partial charge in [-0.25, -0.2) is 9.36 Å². The van der Waals surface area contributed by atoms with Gasteiger partial charge in [0.15, 0.2) is 0 Å². The first-order chi connectivity index (χ1) is 12.2. The highest BCUT2D eigenvalue weighted by atomic mass is 16.5. The maximum atomic E-state index is 12.4. The molecule has 2 heterocycles. The van der Waals surface area contributed by atoms with Crippen LogP contribution in [0.25, 0.3) is 16.6 Å². The second-order valence-corrected chi connectivity index (χ2v) is 5.78. The minimum Gasteiger partial charge on any atom is -0.495 e. The summed E-state index contributed by atoms with van der Waals surface area (Å²) in [6, 6.07) is 15.0. The van der Waals surface area contributed by atoms with E-state index in [9.17, 15) is 9.90 Å². The molecule has 0 aliphatic carbocycles. The topological polar surface area (TPSA) is 83.0 Å². The highest BCUT2D eigenvalue weighted by Gasteiger charge is 2.18. The van der Waals surface area contributed by atoms with E-state index in [0.29, 0.717) is 23.6 Å². The van der Waals surface area contributed by atoms with E-state index in [1.165, 1.54) is 11.7 Å². The summed E-state index contributed by atoms with van der Waals surface area (Å²) in [4.78, 5) is 18.4. The predicted molar refractivity (Wildman–Crippen MR) is 95.7 cm³/mol. The molecule has 4 rings (SSSR count). The molecule has 0 bridgehead atoms. The number of aromatic hydroxyl groups is 1. The Balaban J connectivity index is 1.79. The number of hydrogen-bond acceptors (Lipinski definition) is 3. The first kappa shape index (κ1) is 15.1. The van der Waals surface area contributed by atoms with Crippen LogP contribution < -0.4 is 10.4 Å². The number of hydrogen-bond donors (Lipinski definition) is 3.